The van der Waals surface area contributed by atoms with Crippen molar-refractivity contribution in [3.63, 3.8) is 0 Å². The van der Waals surface area contributed by atoms with E-state index in [1.54, 1.807) is 6.92 Å². The monoisotopic (exact) mass is 197 g/mol. The first kappa shape index (κ1) is 11.5. The van der Waals surface area contributed by atoms with Crippen molar-refractivity contribution in [3.05, 3.63) is 0 Å². The predicted molar refractivity (Wildman–Crippen MR) is 59.1 cm³/mol. The van der Waals surface area contributed by atoms with E-state index in [1.165, 1.54) is 38.5 Å². The van der Waals surface area contributed by atoms with Gasteiger partial charge in [-0.3, -0.25) is 4.79 Å². The quantitative estimate of drug-likeness (QED) is 0.675. The Morgan fingerprint density at radius 1 is 1.29 bits per heavy atom. The van der Waals surface area contributed by atoms with Gasteiger partial charge >= 0.3 is 0 Å². The van der Waals surface area contributed by atoms with Gasteiger partial charge in [0.2, 0.25) is 5.91 Å². The molecule has 2 heteroatoms. The molecule has 0 bridgehead atoms. The lowest BCUT2D eigenvalue weighted by atomic mass is 9.83. The topological polar surface area (TPSA) is 29.1 Å². The second kappa shape index (κ2) is 5.38. The molecular formula is C12H23NO. The lowest BCUT2D eigenvalue weighted by molar-refractivity contribution is -0.118. The van der Waals surface area contributed by atoms with Crippen LogP contribution in [0.15, 0.2) is 0 Å². The van der Waals surface area contributed by atoms with Gasteiger partial charge < -0.3 is 5.32 Å². The zero-order chi connectivity index (χ0) is 10.4. The Morgan fingerprint density at radius 3 is 2.50 bits per heavy atom. The molecule has 1 aliphatic carbocycles. The summed E-state index contributed by atoms with van der Waals surface area (Å²) in [5.41, 5.74) is 0.621. The number of hydrogen-bond acceptors (Lipinski definition) is 1. The molecule has 1 rings (SSSR count). The molecule has 14 heavy (non-hydrogen) atoms. The first-order valence-electron chi connectivity index (χ1n) is 5.87. The Bertz CT molecular complexity index is 183. The van der Waals surface area contributed by atoms with E-state index in [-0.39, 0.29) is 5.91 Å². The van der Waals surface area contributed by atoms with Gasteiger partial charge in [-0.1, -0.05) is 26.2 Å². The minimum Gasteiger partial charge on any atom is -0.356 e. The van der Waals surface area contributed by atoms with Crippen molar-refractivity contribution in [2.45, 2.75) is 58.8 Å². The zero-order valence-electron chi connectivity index (χ0n) is 9.57. The maximum Gasteiger partial charge on any atom is 0.216 e. The van der Waals surface area contributed by atoms with Crippen LogP contribution in [0.1, 0.15) is 58.8 Å². The summed E-state index contributed by atoms with van der Waals surface area (Å²) in [5, 5.41) is 2.84. The highest BCUT2D eigenvalue weighted by Gasteiger charge is 2.27. The van der Waals surface area contributed by atoms with Gasteiger partial charge in [0.05, 0.1) is 0 Å². The zero-order valence-corrected chi connectivity index (χ0v) is 9.57. The van der Waals surface area contributed by atoms with Crippen LogP contribution in [0.4, 0.5) is 0 Å². The number of amides is 1. The van der Waals surface area contributed by atoms with Gasteiger partial charge in [0.15, 0.2) is 0 Å². The van der Waals surface area contributed by atoms with E-state index < -0.39 is 0 Å². The number of unbranched alkanes of at least 4 members (excludes halogenated alkanes) is 1. The van der Waals surface area contributed by atoms with Crippen LogP contribution in [-0.2, 0) is 4.79 Å². The molecule has 1 amide bonds. The van der Waals surface area contributed by atoms with Gasteiger partial charge in [-0.05, 0) is 31.1 Å². The van der Waals surface area contributed by atoms with E-state index >= 15 is 0 Å². The third-order valence-electron chi connectivity index (χ3n) is 3.39. The molecule has 0 radical (unpaired) electrons. The molecule has 1 N–H and O–H groups in total. The smallest absolute Gasteiger partial charge is 0.216 e. The lowest BCUT2D eigenvalue weighted by Gasteiger charge is -2.22. The van der Waals surface area contributed by atoms with Crippen LogP contribution < -0.4 is 5.32 Å². The van der Waals surface area contributed by atoms with Crippen molar-refractivity contribution in [1.29, 1.82) is 0 Å². The van der Waals surface area contributed by atoms with Crippen LogP contribution in [0.3, 0.4) is 0 Å². The summed E-state index contributed by atoms with van der Waals surface area (Å²) < 4.78 is 0. The van der Waals surface area contributed by atoms with Gasteiger partial charge in [0.1, 0.15) is 0 Å². The second-order valence-electron chi connectivity index (χ2n) is 4.96. The molecule has 1 fully saturated rings. The van der Waals surface area contributed by atoms with Crippen LogP contribution in [0.2, 0.25) is 0 Å². The molecule has 0 spiro atoms. The molecule has 0 heterocycles. The fraction of sp³-hybridized carbons (Fsp3) is 0.917. The van der Waals surface area contributed by atoms with Crippen molar-refractivity contribution < 1.29 is 4.79 Å². The fourth-order valence-electron chi connectivity index (χ4n) is 2.42. The SMILES string of the molecule is CC(=O)NCCCCC1(C)CCCC1. The molecular weight excluding hydrogens is 174 g/mol. The maximum atomic E-state index is 10.6. The summed E-state index contributed by atoms with van der Waals surface area (Å²) in [5.74, 6) is 0.0945. The Morgan fingerprint density at radius 2 is 1.93 bits per heavy atom. The van der Waals surface area contributed by atoms with Gasteiger partial charge in [-0.15, -0.1) is 0 Å². The standard InChI is InChI=1S/C12H23NO/c1-11(14)13-10-6-5-9-12(2)7-3-4-8-12/h3-10H2,1-2H3,(H,13,14). The van der Waals surface area contributed by atoms with Gasteiger partial charge in [-0.2, -0.15) is 0 Å². The Hall–Kier alpha value is -0.530. The normalized spacial score (nSPS) is 19.6. The van der Waals surface area contributed by atoms with E-state index in [2.05, 4.69) is 12.2 Å². The van der Waals surface area contributed by atoms with Gasteiger partial charge in [-0.25, -0.2) is 0 Å². The number of carbonyl (C=O) groups is 1. The highest BCUT2D eigenvalue weighted by molar-refractivity contribution is 5.72. The highest BCUT2D eigenvalue weighted by Crippen LogP contribution is 2.41. The van der Waals surface area contributed by atoms with Crippen LogP contribution in [0, 0.1) is 5.41 Å². The molecule has 0 atom stereocenters. The van der Waals surface area contributed by atoms with Crippen molar-refractivity contribution >= 4 is 5.91 Å². The number of nitrogens with one attached hydrogen (secondary N) is 1. The van der Waals surface area contributed by atoms with E-state index in [9.17, 15) is 4.79 Å². The molecule has 0 aliphatic heterocycles. The Balaban J connectivity index is 2.00. The summed E-state index contributed by atoms with van der Waals surface area (Å²) >= 11 is 0. The molecule has 0 aromatic rings. The summed E-state index contributed by atoms with van der Waals surface area (Å²) in [7, 11) is 0. The van der Waals surface area contributed by atoms with E-state index in [0.29, 0.717) is 5.41 Å². The predicted octanol–water partition coefficient (Wildman–Crippen LogP) is 2.87. The van der Waals surface area contributed by atoms with Crippen molar-refractivity contribution in [1.82, 2.24) is 5.32 Å². The van der Waals surface area contributed by atoms with Crippen LogP contribution >= 0.6 is 0 Å². The summed E-state index contributed by atoms with van der Waals surface area (Å²) in [4.78, 5) is 10.6. The van der Waals surface area contributed by atoms with E-state index in [0.717, 1.165) is 13.0 Å². The van der Waals surface area contributed by atoms with Crippen LogP contribution in [-0.4, -0.2) is 12.5 Å². The van der Waals surface area contributed by atoms with Gasteiger partial charge in [0, 0.05) is 13.5 Å². The van der Waals surface area contributed by atoms with Crippen molar-refractivity contribution in [3.8, 4) is 0 Å². The molecule has 0 aromatic heterocycles. The molecule has 2 nitrogen and oxygen atoms in total. The number of carbonyl (C=O) groups excluding carboxylic acids is 1. The van der Waals surface area contributed by atoms with E-state index in [4.69, 9.17) is 0 Å². The molecule has 1 saturated carbocycles. The summed E-state index contributed by atoms with van der Waals surface area (Å²) in [6, 6.07) is 0. The molecule has 0 aromatic carbocycles. The van der Waals surface area contributed by atoms with Gasteiger partial charge in [0.25, 0.3) is 0 Å². The van der Waals surface area contributed by atoms with Crippen LogP contribution in [0.5, 0.6) is 0 Å². The minimum absolute atomic E-state index is 0.0945. The first-order valence-corrected chi connectivity index (χ1v) is 5.87. The molecule has 82 valence electrons. The fourth-order valence-corrected chi connectivity index (χ4v) is 2.42. The summed E-state index contributed by atoms with van der Waals surface area (Å²) in [6.45, 7) is 4.85. The average Bonchev–Trinajstić information content (AvgIpc) is 2.51. The lowest BCUT2D eigenvalue weighted by Crippen LogP contribution is -2.21. The Labute approximate surface area is 87.5 Å². The molecule has 1 aliphatic rings. The highest BCUT2D eigenvalue weighted by atomic mass is 16.1. The molecule has 0 saturated heterocycles. The molecule has 0 unspecified atom stereocenters. The van der Waals surface area contributed by atoms with Crippen LogP contribution in [0.25, 0.3) is 0 Å². The minimum atomic E-state index is 0.0945. The Kier molecular flexibility index (Phi) is 4.43. The average molecular weight is 197 g/mol. The van der Waals surface area contributed by atoms with E-state index in [1.807, 2.05) is 0 Å². The first-order chi connectivity index (χ1) is 6.62. The number of hydrogen-bond donors (Lipinski definition) is 1. The second-order valence-corrected chi connectivity index (χ2v) is 4.96. The third kappa shape index (κ3) is 4.12. The summed E-state index contributed by atoms with van der Waals surface area (Å²) in [6.07, 6.45) is 9.39. The number of rotatable bonds is 5. The van der Waals surface area contributed by atoms with Crippen molar-refractivity contribution in [2.75, 3.05) is 6.54 Å². The maximum absolute atomic E-state index is 10.6. The van der Waals surface area contributed by atoms with Crippen molar-refractivity contribution in [2.24, 2.45) is 5.41 Å². The largest absolute Gasteiger partial charge is 0.356 e. The third-order valence-corrected chi connectivity index (χ3v) is 3.39.